The molecule has 174 valence electrons. The van der Waals surface area contributed by atoms with Crippen molar-refractivity contribution in [3.63, 3.8) is 0 Å². The number of rotatable bonds is 8. The first-order chi connectivity index (χ1) is 15.1. The molecule has 0 aromatic heterocycles. The molecule has 0 aliphatic heterocycles. The SMILES string of the molecule is CCCCCNCC(=O)Nc1c(C(N)=O)ccc2cc3cc4ccccc4cc3cc12.Cl.Cl. The second-order valence-corrected chi connectivity index (χ2v) is 7.90. The number of hydrogen-bond acceptors (Lipinski definition) is 3. The fraction of sp³-hybridized carbons (Fsp3) is 0.231. The number of amides is 2. The molecule has 0 atom stereocenters. The highest BCUT2D eigenvalue weighted by Crippen LogP contribution is 2.33. The lowest BCUT2D eigenvalue weighted by Crippen LogP contribution is -2.29. The molecule has 0 saturated carbocycles. The molecule has 4 rings (SSSR count). The maximum absolute atomic E-state index is 12.6. The van der Waals surface area contributed by atoms with Crippen LogP contribution in [0, 0.1) is 0 Å². The third-order valence-corrected chi connectivity index (χ3v) is 5.61. The Hall–Kier alpha value is -2.86. The summed E-state index contributed by atoms with van der Waals surface area (Å²) in [5, 5.41) is 12.3. The Labute approximate surface area is 205 Å². The molecule has 4 aromatic carbocycles. The van der Waals surface area contributed by atoms with Gasteiger partial charge in [-0.3, -0.25) is 9.59 Å². The summed E-state index contributed by atoms with van der Waals surface area (Å²) >= 11 is 0. The largest absolute Gasteiger partial charge is 0.366 e. The first-order valence-corrected chi connectivity index (χ1v) is 10.8. The predicted molar refractivity (Wildman–Crippen MR) is 143 cm³/mol. The van der Waals surface area contributed by atoms with Gasteiger partial charge in [-0.1, -0.05) is 50.1 Å². The molecule has 0 fully saturated rings. The Balaban J connectivity index is 0.00000193. The molecule has 0 unspecified atom stereocenters. The van der Waals surface area contributed by atoms with Crippen molar-refractivity contribution in [1.82, 2.24) is 5.32 Å². The number of carbonyl (C=O) groups is 2. The molecule has 33 heavy (non-hydrogen) atoms. The molecule has 2 amide bonds. The molecule has 0 aliphatic rings. The van der Waals surface area contributed by atoms with Crippen LogP contribution in [-0.4, -0.2) is 24.9 Å². The quantitative estimate of drug-likeness (QED) is 0.217. The van der Waals surface area contributed by atoms with Crippen LogP contribution < -0.4 is 16.4 Å². The highest BCUT2D eigenvalue weighted by Gasteiger charge is 2.15. The van der Waals surface area contributed by atoms with Crippen LogP contribution in [0.5, 0.6) is 0 Å². The van der Waals surface area contributed by atoms with E-state index < -0.39 is 5.91 Å². The summed E-state index contributed by atoms with van der Waals surface area (Å²) < 4.78 is 0. The van der Waals surface area contributed by atoms with E-state index in [1.165, 1.54) is 5.39 Å². The van der Waals surface area contributed by atoms with Gasteiger partial charge in [0.2, 0.25) is 5.91 Å². The monoisotopic (exact) mass is 485 g/mol. The smallest absolute Gasteiger partial charge is 0.250 e. The van der Waals surface area contributed by atoms with Crippen LogP contribution in [0.2, 0.25) is 0 Å². The van der Waals surface area contributed by atoms with Crippen LogP contribution in [0.25, 0.3) is 32.3 Å². The van der Waals surface area contributed by atoms with Gasteiger partial charge in [0.25, 0.3) is 5.91 Å². The average Bonchev–Trinajstić information content (AvgIpc) is 2.76. The number of unbranched alkanes of at least 4 members (excludes halogenated alkanes) is 2. The van der Waals surface area contributed by atoms with E-state index in [1.807, 2.05) is 24.3 Å². The fourth-order valence-corrected chi connectivity index (χ4v) is 3.99. The Morgan fingerprint density at radius 3 is 2.09 bits per heavy atom. The molecule has 0 radical (unpaired) electrons. The summed E-state index contributed by atoms with van der Waals surface area (Å²) in [5.41, 5.74) is 6.40. The number of benzene rings is 4. The van der Waals surface area contributed by atoms with E-state index in [1.54, 1.807) is 6.07 Å². The van der Waals surface area contributed by atoms with Gasteiger partial charge >= 0.3 is 0 Å². The normalized spacial score (nSPS) is 10.6. The van der Waals surface area contributed by atoms with Crippen LogP contribution in [0.4, 0.5) is 5.69 Å². The second-order valence-electron chi connectivity index (χ2n) is 7.90. The molecule has 4 aromatic rings. The number of anilines is 1. The third-order valence-electron chi connectivity index (χ3n) is 5.61. The molecule has 7 heteroatoms. The van der Waals surface area contributed by atoms with Gasteiger partial charge in [-0.25, -0.2) is 0 Å². The van der Waals surface area contributed by atoms with E-state index in [4.69, 9.17) is 5.73 Å². The zero-order valence-electron chi connectivity index (χ0n) is 18.5. The van der Waals surface area contributed by atoms with Crippen molar-refractivity contribution < 1.29 is 9.59 Å². The van der Waals surface area contributed by atoms with Gasteiger partial charge in [-0.2, -0.15) is 0 Å². The highest BCUT2D eigenvalue weighted by atomic mass is 35.5. The lowest BCUT2D eigenvalue weighted by atomic mass is 9.97. The van der Waals surface area contributed by atoms with Gasteiger partial charge in [0.05, 0.1) is 17.8 Å². The summed E-state index contributed by atoms with van der Waals surface area (Å²) in [4.78, 5) is 24.6. The summed E-state index contributed by atoms with van der Waals surface area (Å²) in [6.45, 7) is 3.12. The first-order valence-electron chi connectivity index (χ1n) is 10.8. The Bertz CT molecular complexity index is 1290. The number of fused-ring (bicyclic) bond motifs is 3. The lowest BCUT2D eigenvalue weighted by Gasteiger charge is -2.14. The van der Waals surface area contributed by atoms with Crippen molar-refractivity contribution in [2.75, 3.05) is 18.4 Å². The summed E-state index contributed by atoms with van der Waals surface area (Å²) in [5.74, 6) is -0.753. The number of primary amides is 1. The van der Waals surface area contributed by atoms with Crippen molar-refractivity contribution >= 4 is 74.6 Å². The van der Waals surface area contributed by atoms with E-state index >= 15 is 0 Å². The highest BCUT2D eigenvalue weighted by molar-refractivity contribution is 6.15. The molecule has 0 heterocycles. The number of nitrogens with two attached hydrogens (primary N) is 1. The van der Waals surface area contributed by atoms with Crippen LogP contribution in [0.3, 0.4) is 0 Å². The molecular weight excluding hydrogens is 457 g/mol. The first kappa shape index (κ1) is 26.4. The Morgan fingerprint density at radius 2 is 1.45 bits per heavy atom. The van der Waals surface area contributed by atoms with Crippen molar-refractivity contribution in [3.05, 3.63) is 66.2 Å². The Kier molecular flexibility index (Phi) is 9.47. The van der Waals surface area contributed by atoms with Gasteiger partial charge in [0, 0.05) is 5.39 Å². The van der Waals surface area contributed by atoms with Gasteiger partial charge in [-0.05, 0) is 70.2 Å². The molecule has 0 saturated heterocycles. The lowest BCUT2D eigenvalue weighted by molar-refractivity contribution is -0.115. The van der Waals surface area contributed by atoms with Gasteiger partial charge < -0.3 is 16.4 Å². The Morgan fingerprint density at radius 1 is 0.818 bits per heavy atom. The van der Waals surface area contributed by atoms with E-state index in [0.717, 1.165) is 52.7 Å². The van der Waals surface area contributed by atoms with E-state index in [9.17, 15) is 9.59 Å². The minimum Gasteiger partial charge on any atom is -0.366 e. The zero-order valence-corrected chi connectivity index (χ0v) is 20.2. The van der Waals surface area contributed by atoms with Crippen LogP contribution >= 0.6 is 24.8 Å². The molecule has 0 bridgehead atoms. The van der Waals surface area contributed by atoms with Gasteiger partial charge in [0.15, 0.2) is 0 Å². The fourth-order valence-electron chi connectivity index (χ4n) is 3.99. The third kappa shape index (κ3) is 5.93. The van der Waals surface area contributed by atoms with E-state index in [-0.39, 0.29) is 37.3 Å². The number of carbonyl (C=O) groups excluding carboxylic acids is 2. The van der Waals surface area contributed by atoms with Crippen molar-refractivity contribution in [1.29, 1.82) is 0 Å². The summed E-state index contributed by atoms with van der Waals surface area (Å²) in [7, 11) is 0. The summed E-state index contributed by atoms with van der Waals surface area (Å²) in [6.07, 6.45) is 3.30. The average molecular weight is 486 g/mol. The van der Waals surface area contributed by atoms with Crippen molar-refractivity contribution in [2.45, 2.75) is 26.2 Å². The molecular formula is C26H29Cl2N3O2. The molecule has 0 spiro atoms. The summed E-state index contributed by atoms with van der Waals surface area (Å²) in [6, 6.07) is 20.2. The number of nitrogens with one attached hydrogen (secondary N) is 2. The second kappa shape index (κ2) is 11.8. The van der Waals surface area contributed by atoms with Crippen LogP contribution in [-0.2, 0) is 4.79 Å². The number of halogens is 2. The van der Waals surface area contributed by atoms with Gasteiger partial charge in [-0.15, -0.1) is 24.8 Å². The van der Waals surface area contributed by atoms with Gasteiger partial charge in [0.1, 0.15) is 0 Å². The molecule has 5 nitrogen and oxygen atoms in total. The number of hydrogen-bond donors (Lipinski definition) is 3. The zero-order chi connectivity index (χ0) is 21.8. The molecule has 0 aliphatic carbocycles. The van der Waals surface area contributed by atoms with E-state index in [0.29, 0.717) is 11.3 Å². The van der Waals surface area contributed by atoms with E-state index in [2.05, 4.69) is 47.9 Å². The minimum atomic E-state index is -0.563. The maximum atomic E-state index is 12.6. The standard InChI is InChI=1S/C26H27N3O2.2ClH/c1-2-3-6-11-28-16-24(30)29-25-22(26(27)31)10-9-19-14-20-12-17-7-4-5-8-18(17)13-21(20)15-23(19)25;;/h4-5,7-10,12-15,28H,2-3,6,11,16H2,1H3,(H2,27,31)(H,29,30);2*1H. The topological polar surface area (TPSA) is 84.2 Å². The minimum absolute atomic E-state index is 0. The molecule has 4 N–H and O–H groups in total. The van der Waals surface area contributed by atoms with Crippen LogP contribution in [0.1, 0.15) is 36.5 Å². The van der Waals surface area contributed by atoms with Crippen molar-refractivity contribution in [2.24, 2.45) is 5.73 Å². The van der Waals surface area contributed by atoms with Crippen LogP contribution in [0.15, 0.2) is 60.7 Å². The predicted octanol–water partition coefficient (Wildman–Crippen LogP) is 5.81. The maximum Gasteiger partial charge on any atom is 0.250 e. The van der Waals surface area contributed by atoms with Crippen molar-refractivity contribution in [3.8, 4) is 0 Å².